The van der Waals surface area contributed by atoms with Crippen molar-refractivity contribution in [3.8, 4) is 5.75 Å². The van der Waals surface area contributed by atoms with E-state index in [1.54, 1.807) is 0 Å². The molecular formula is C18H22N2O. The summed E-state index contributed by atoms with van der Waals surface area (Å²) in [4.78, 5) is 0. The van der Waals surface area contributed by atoms with Gasteiger partial charge < -0.3 is 15.8 Å². The summed E-state index contributed by atoms with van der Waals surface area (Å²) >= 11 is 0. The monoisotopic (exact) mass is 282 g/mol. The highest BCUT2D eigenvalue weighted by Crippen LogP contribution is 2.37. The Morgan fingerprint density at radius 3 is 2.95 bits per heavy atom. The quantitative estimate of drug-likeness (QED) is 0.810. The third-order valence-corrected chi connectivity index (χ3v) is 3.92. The van der Waals surface area contributed by atoms with Gasteiger partial charge in [0, 0.05) is 5.69 Å². The molecular weight excluding hydrogens is 260 g/mol. The number of aryl methyl sites for hydroxylation is 1. The summed E-state index contributed by atoms with van der Waals surface area (Å²) in [7, 11) is 0. The summed E-state index contributed by atoms with van der Waals surface area (Å²) in [5.41, 5.74) is 10.5. The lowest BCUT2D eigenvalue weighted by Gasteiger charge is -2.18. The third kappa shape index (κ3) is 2.97. The van der Waals surface area contributed by atoms with E-state index in [2.05, 4.69) is 30.4 Å². The predicted molar refractivity (Wildman–Crippen MR) is 87.8 cm³/mol. The molecule has 0 aromatic heterocycles. The zero-order valence-electron chi connectivity index (χ0n) is 12.4. The van der Waals surface area contributed by atoms with Crippen LogP contribution in [0.3, 0.4) is 0 Å². The highest BCUT2D eigenvalue weighted by atomic mass is 16.5. The molecule has 0 saturated heterocycles. The number of rotatable bonds is 5. The summed E-state index contributed by atoms with van der Waals surface area (Å²) in [5.74, 6) is 0.934. The number of hydrogen-bond acceptors (Lipinski definition) is 3. The summed E-state index contributed by atoms with van der Waals surface area (Å²) in [6, 6.07) is 14.7. The van der Waals surface area contributed by atoms with E-state index in [0.717, 1.165) is 43.0 Å². The van der Waals surface area contributed by atoms with Gasteiger partial charge in [-0.15, -0.1) is 0 Å². The second-order valence-corrected chi connectivity index (χ2v) is 5.54. The van der Waals surface area contributed by atoms with Crippen molar-refractivity contribution in [2.24, 2.45) is 0 Å². The van der Waals surface area contributed by atoms with Crippen LogP contribution in [0.25, 0.3) is 0 Å². The molecule has 0 aliphatic heterocycles. The maximum atomic E-state index is 5.87. The van der Waals surface area contributed by atoms with Crippen molar-refractivity contribution in [3.05, 3.63) is 53.6 Å². The van der Waals surface area contributed by atoms with Crippen molar-refractivity contribution < 1.29 is 4.74 Å². The van der Waals surface area contributed by atoms with Gasteiger partial charge in [-0.25, -0.2) is 0 Å². The van der Waals surface area contributed by atoms with Crippen LogP contribution in [0.2, 0.25) is 0 Å². The fraction of sp³-hybridized carbons (Fsp3) is 0.333. The van der Waals surface area contributed by atoms with Crippen molar-refractivity contribution in [2.45, 2.75) is 32.2 Å². The molecule has 110 valence electrons. The molecule has 0 fully saturated rings. The van der Waals surface area contributed by atoms with Crippen LogP contribution in [-0.4, -0.2) is 6.61 Å². The molecule has 3 rings (SSSR count). The highest BCUT2D eigenvalue weighted by Gasteiger charge is 2.23. The SMILES string of the molecule is CCCOc1ccccc1NC1CCc2cc(N)ccc21. The van der Waals surface area contributed by atoms with Crippen molar-refractivity contribution in [1.82, 2.24) is 0 Å². The maximum absolute atomic E-state index is 5.87. The zero-order chi connectivity index (χ0) is 14.7. The predicted octanol–water partition coefficient (Wildman–Crippen LogP) is 4.16. The molecule has 1 aliphatic carbocycles. The van der Waals surface area contributed by atoms with Gasteiger partial charge >= 0.3 is 0 Å². The van der Waals surface area contributed by atoms with Gasteiger partial charge in [-0.3, -0.25) is 0 Å². The minimum atomic E-state index is 0.340. The molecule has 1 unspecified atom stereocenters. The molecule has 3 N–H and O–H groups in total. The molecule has 0 spiro atoms. The van der Waals surface area contributed by atoms with E-state index in [4.69, 9.17) is 10.5 Å². The minimum Gasteiger partial charge on any atom is -0.491 e. The van der Waals surface area contributed by atoms with Gasteiger partial charge in [0.25, 0.3) is 0 Å². The van der Waals surface area contributed by atoms with Crippen LogP contribution in [-0.2, 0) is 6.42 Å². The number of ether oxygens (including phenoxy) is 1. The summed E-state index contributed by atoms with van der Waals surface area (Å²) < 4.78 is 5.82. The first-order valence-corrected chi connectivity index (χ1v) is 7.64. The Hall–Kier alpha value is -2.16. The van der Waals surface area contributed by atoms with E-state index in [1.807, 2.05) is 24.3 Å². The van der Waals surface area contributed by atoms with E-state index in [-0.39, 0.29) is 0 Å². The number of nitrogens with two attached hydrogens (primary N) is 1. The van der Waals surface area contributed by atoms with Crippen LogP contribution in [0.5, 0.6) is 5.75 Å². The molecule has 0 saturated carbocycles. The molecule has 1 atom stereocenters. The van der Waals surface area contributed by atoms with Gasteiger partial charge in [0.1, 0.15) is 5.75 Å². The van der Waals surface area contributed by atoms with Crippen molar-refractivity contribution >= 4 is 11.4 Å². The van der Waals surface area contributed by atoms with Gasteiger partial charge in [0.05, 0.1) is 18.3 Å². The van der Waals surface area contributed by atoms with Crippen molar-refractivity contribution in [2.75, 3.05) is 17.7 Å². The molecule has 1 aliphatic rings. The topological polar surface area (TPSA) is 47.3 Å². The smallest absolute Gasteiger partial charge is 0.142 e. The molecule has 0 bridgehead atoms. The first-order valence-electron chi connectivity index (χ1n) is 7.64. The Bertz CT molecular complexity index is 624. The molecule has 2 aromatic carbocycles. The van der Waals surface area contributed by atoms with E-state index < -0.39 is 0 Å². The second-order valence-electron chi connectivity index (χ2n) is 5.54. The second kappa shape index (κ2) is 6.08. The first-order chi connectivity index (χ1) is 10.3. The zero-order valence-corrected chi connectivity index (χ0v) is 12.4. The Morgan fingerprint density at radius 1 is 1.24 bits per heavy atom. The molecule has 21 heavy (non-hydrogen) atoms. The molecule has 3 heteroatoms. The van der Waals surface area contributed by atoms with Gasteiger partial charge in [-0.2, -0.15) is 0 Å². The molecule has 0 heterocycles. The molecule has 0 radical (unpaired) electrons. The van der Waals surface area contributed by atoms with E-state index in [0.29, 0.717) is 6.04 Å². The number of anilines is 2. The number of nitrogens with one attached hydrogen (secondary N) is 1. The number of hydrogen-bond donors (Lipinski definition) is 2. The van der Waals surface area contributed by atoms with Gasteiger partial charge in [0.2, 0.25) is 0 Å². The van der Waals surface area contributed by atoms with Crippen LogP contribution in [0.1, 0.15) is 36.9 Å². The maximum Gasteiger partial charge on any atom is 0.142 e. The van der Waals surface area contributed by atoms with Crippen LogP contribution in [0, 0.1) is 0 Å². The average molecular weight is 282 g/mol. The average Bonchev–Trinajstić information content (AvgIpc) is 2.88. The Balaban J connectivity index is 1.80. The van der Waals surface area contributed by atoms with Gasteiger partial charge in [-0.05, 0) is 54.7 Å². The summed E-state index contributed by atoms with van der Waals surface area (Å²) in [6.07, 6.45) is 3.19. The Labute approximate surface area is 126 Å². The molecule has 0 amide bonds. The lowest BCUT2D eigenvalue weighted by Crippen LogP contribution is -2.09. The van der Waals surface area contributed by atoms with Crippen LogP contribution >= 0.6 is 0 Å². The van der Waals surface area contributed by atoms with Crippen LogP contribution in [0.15, 0.2) is 42.5 Å². The van der Waals surface area contributed by atoms with E-state index in [9.17, 15) is 0 Å². The molecule has 2 aromatic rings. The number of para-hydroxylation sites is 2. The van der Waals surface area contributed by atoms with Crippen molar-refractivity contribution in [1.29, 1.82) is 0 Å². The van der Waals surface area contributed by atoms with Crippen LogP contribution in [0.4, 0.5) is 11.4 Å². The van der Waals surface area contributed by atoms with Gasteiger partial charge in [0.15, 0.2) is 0 Å². The lowest BCUT2D eigenvalue weighted by molar-refractivity contribution is 0.318. The molecule has 3 nitrogen and oxygen atoms in total. The fourth-order valence-electron chi connectivity index (χ4n) is 2.90. The lowest BCUT2D eigenvalue weighted by atomic mass is 10.1. The van der Waals surface area contributed by atoms with Crippen molar-refractivity contribution in [3.63, 3.8) is 0 Å². The van der Waals surface area contributed by atoms with E-state index >= 15 is 0 Å². The first kappa shape index (κ1) is 13.8. The minimum absolute atomic E-state index is 0.340. The van der Waals surface area contributed by atoms with E-state index in [1.165, 1.54) is 11.1 Å². The third-order valence-electron chi connectivity index (χ3n) is 3.92. The summed E-state index contributed by atoms with van der Waals surface area (Å²) in [6.45, 7) is 2.87. The normalized spacial score (nSPS) is 16.5. The standard InChI is InChI=1S/C18H22N2O/c1-2-11-21-18-6-4-3-5-17(18)20-16-10-7-13-12-14(19)8-9-15(13)16/h3-6,8-9,12,16,20H,2,7,10-11,19H2,1H3. The summed E-state index contributed by atoms with van der Waals surface area (Å²) in [5, 5.41) is 3.63. The Kier molecular flexibility index (Phi) is 4.00. The van der Waals surface area contributed by atoms with Gasteiger partial charge in [-0.1, -0.05) is 25.1 Å². The highest BCUT2D eigenvalue weighted by molar-refractivity contribution is 5.59. The Morgan fingerprint density at radius 2 is 2.10 bits per heavy atom. The largest absolute Gasteiger partial charge is 0.491 e. The number of nitrogen functional groups attached to an aromatic ring is 1. The number of benzene rings is 2. The fourth-order valence-corrected chi connectivity index (χ4v) is 2.90. The number of fused-ring (bicyclic) bond motifs is 1. The van der Waals surface area contributed by atoms with Crippen LogP contribution < -0.4 is 15.8 Å².